The lowest BCUT2D eigenvalue weighted by atomic mass is 9.99. The van der Waals surface area contributed by atoms with E-state index in [4.69, 9.17) is 4.52 Å². The highest BCUT2D eigenvalue weighted by molar-refractivity contribution is 7.99. The van der Waals surface area contributed by atoms with Crippen molar-refractivity contribution in [2.24, 2.45) is 0 Å². The maximum atomic E-state index is 12.5. The first-order valence-corrected chi connectivity index (χ1v) is 10.2. The number of pyridine rings is 1. The zero-order chi connectivity index (χ0) is 19.5. The summed E-state index contributed by atoms with van der Waals surface area (Å²) in [6.45, 7) is 5.59. The number of benzene rings is 1. The number of thioether (sulfide) groups is 1. The summed E-state index contributed by atoms with van der Waals surface area (Å²) in [7, 11) is 0. The Kier molecular flexibility index (Phi) is 5.43. The lowest BCUT2D eigenvalue weighted by molar-refractivity contribution is -0.135. The molecule has 6 nitrogen and oxygen atoms in total. The van der Waals surface area contributed by atoms with Gasteiger partial charge in [0.25, 0.3) is 0 Å². The van der Waals surface area contributed by atoms with Gasteiger partial charge in [0.2, 0.25) is 17.6 Å². The van der Waals surface area contributed by atoms with Crippen LogP contribution in [0.2, 0.25) is 0 Å². The normalized spacial score (nSPS) is 14.3. The summed E-state index contributed by atoms with van der Waals surface area (Å²) in [4.78, 5) is 24.0. The van der Waals surface area contributed by atoms with E-state index in [1.54, 1.807) is 12.4 Å². The van der Waals surface area contributed by atoms with Crippen LogP contribution in [0.4, 0.5) is 0 Å². The highest BCUT2D eigenvalue weighted by atomic mass is 32.2. The van der Waals surface area contributed by atoms with Crippen LogP contribution in [0.1, 0.15) is 31.2 Å². The van der Waals surface area contributed by atoms with Crippen molar-refractivity contribution >= 4 is 17.7 Å². The molecule has 3 aromatic rings. The Hall–Kier alpha value is -2.67. The van der Waals surface area contributed by atoms with Crippen molar-refractivity contribution in [3.8, 4) is 11.4 Å². The quantitative estimate of drug-likeness (QED) is 0.592. The smallest absolute Gasteiger partial charge is 0.233 e. The molecule has 7 heteroatoms. The number of carbonyl (C=O) groups is 1. The summed E-state index contributed by atoms with van der Waals surface area (Å²) in [5.74, 6) is 1.39. The second-order valence-corrected chi connectivity index (χ2v) is 8.83. The summed E-state index contributed by atoms with van der Waals surface area (Å²) >= 11 is 1.82. The van der Waals surface area contributed by atoms with E-state index in [-0.39, 0.29) is 11.8 Å². The minimum absolute atomic E-state index is 0.108. The van der Waals surface area contributed by atoms with Crippen LogP contribution in [0.3, 0.4) is 0 Å². The molecule has 1 fully saturated rings. The molecule has 0 aliphatic carbocycles. The molecule has 0 spiro atoms. The van der Waals surface area contributed by atoms with Crippen LogP contribution in [-0.2, 0) is 11.2 Å². The zero-order valence-corrected chi connectivity index (χ0v) is 16.7. The fourth-order valence-corrected chi connectivity index (χ4v) is 3.94. The fraction of sp³-hybridized carbons (Fsp3) is 0.333. The van der Waals surface area contributed by atoms with Gasteiger partial charge in [-0.25, -0.2) is 0 Å². The second-order valence-electron chi connectivity index (χ2n) is 7.18. The average Bonchev–Trinajstić information content (AvgIpc) is 3.12. The molecule has 0 bridgehead atoms. The zero-order valence-electron chi connectivity index (χ0n) is 15.9. The molecule has 1 aromatic carbocycles. The molecule has 0 saturated carbocycles. The number of aromatic nitrogens is 3. The lowest BCUT2D eigenvalue weighted by Crippen LogP contribution is -2.49. The molecule has 144 valence electrons. The van der Waals surface area contributed by atoms with Crippen molar-refractivity contribution < 1.29 is 9.32 Å². The predicted molar refractivity (Wildman–Crippen MR) is 108 cm³/mol. The summed E-state index contributed by atoms with van der Waals surface area (Å²) in [6.07, 6.45) is 3.82. The summed E-state index contributed by atoms with van der Waals surface area (Å²) in [5, 5.41) is 4.59. The van der Waals surface area contributed by atoms with E-state index in [2.05, 4.69) is 41.1 Å². The Morgan fingerprint density at radius 1 is 1.18 bits per heavy atom. The van der Waals surface area contributed by atoms with E-state index >= 15 is 0 Å². The van der Waals surface area contributed by atoms with Crippen LogP contribution in [-0.4, -0.2) is 44.3 Å². The summed E-state index contributed by atoms with van der Waals surface area (Å²) < 4.78 is 5.39. The van der Waals surface area contributed by atoms with Gasteiger partial charge in [-0.1, -0.05) is 31.1 Å². The maximum absolute atomic E-state index is 12.5. The first kappa shape index (κ1) is 18.7. The molecular weight excluding hydrogens is 372 g/mol. The van der Waals surface area contributed by atoms with Crippen molar-refractivity contribution in [3.05, 3.63) is 60.2 Å². The first-order chi connectivity index (χ1) is 13.6. The summed E-state index contributed by atoms with van der Waals surface area (Å²) in [6, 6.07) is 11.9. The van der Waals surface area contributed by atoms with Crippen LogP contribution in [0, 0.1) is 0 Å². The monoisotopic (exact) mass is 394 g/mol. The van der Waals surface area contributed by atoms with E-state index in [0.29, 0.717) is 36.5 Å². The molecule has 4 rings (SSSR count). The highest BCUT2D eigenvalue weighted by Crippen LogP contribution is 2.28. The van der Waals surface area contributed by atoms with Crippen LogP contribution >= 0.6 is 11.8 Å². The fourth-order valence-electron chi connectivity index (χ4n) is 3.10. The van der Waals surface area contributed by atoms with Crippen molar-refractivity contribution in [2.45, 2.75) is 36.3 Å². The van der Waals surface area contributed by atoms with Crippen LogP contribution in [0.25, 0.3) is 11.4 Å². The predicted octanol–water partition coefficient (Wildman–Crippen LogP) is 3.80. The van der Waals surface area contributed by atoms with Gasteiger partial charge in [0, 0.05) is 41.2 Å². The van der Waals surface area contributed by atoms with Gasteiger partial charge in [-0.3, -0.25) is 9.78 Å². The Morgan fingerprint density at radius 2 is 1.89 bits per heavy atom. The van der Waals surface area contributed by atoms with E-state index in [9.17, 15) is 4.79 Å². The molecule has 0 radical (unpaired) electrons. The molecule has 1 aliphatic heterocycles. The van der Waals surface area contributed by atoms with Gasteiger partial charge in [-0.05, 0) is 29.8 Å². The van der Waals surface area contributed by atoms with Gasteiger partial charge >= 0.3 is 0 Å². The molecule has 2 aromatic heterocycles. The minimum atomic E-state index is 0.108. The lowest BCUT2D eigenvalue weighted by Gasteiger charge is -2.37. The summed E-state index contributed by atoms with van der Waals surface area (Å²) in [5.41, 5.74) is 1.91. The number of nitrogens with zero attached hydrogens (tertiary/aromatic N) is 4. The van der Waals surface area contributed by atoms with Gasteiger partial charge in [-0.15, -0.1) is 11.8 Å². The number of rotatable bonds is 6. The largest absolute Gasteiger partial charge is 0.341 e. The molecule has 0 N–H and O–H groups in total. The van der Waals surface area contributed by atoms with Crippen molar-refractivity contribution in [1.82, 2.24) is 20.0 Å². The van der Waals surface area contributed by atoms with Crippen molar-refractivity contribution in [3.63, 3.8) is 0 Å². The average molecular weight is 395 g/mol. The number of likely N-dealkylation sites (tertiary alicyclic amines) is 1. The van der Waals surface area contributed by atoms with E-state index in [1.165, 1.54) is 4.90 Å². The van der Waals surface area contributed by atoms with E-state index < -0.39 is 0 Å². The molecule has 0 atom stereocenters. The molecule has 1 aliphatic rings. The van der Waals surface area contributed by atoms with Gasteiger partial charge in [0.15, 0.2) is 0 Å². The first-order valence-electron chi connectivity index (χ1n) is 9.36. The molecule has 3 heterocycles. The second kappa shape index (κ2) is 8.14. The Labute approximate surface area is 168 Å². The van der Waals surface area contributed by atoms with Crippen LogP contribution in [0.5, 0.6) is 0 Å². The highest BCUT2D eigenvalue weighted by Gasteiger charge is 2.35. The van der Waals surface area contributed by atoms with Gasteiger partial charge in [0.1, 0.15) is 0 Å². The number of hydrogen-bond acceptors (Lipinski definition) is 6. The third kappa shape index (κ3) is 4.25. The van der Waals surface area contributed by atoms with E-state index in [1.807, 2.05) is 40.9 Å². The third-order valence-electron chi connectivity index (χ3n) is 4.61. The molecule has 1 amide bonds. The Bertz CT molecular complexity index is 935. The number of carbonyl (C=O) groups excluding carboxylic acids is 1. The topological polar surface area (TPSA) is 72.1 Å². The molecule has 28 heavy (non-hydrogen) atoms. The third-order valence-corrected chi connectivity index (χ3v) is 5.63. The molecule has 1 saturated heterocycles. The molecule has 0 unspecified atom stereocenters. The van der Waals surface area contributed by atoms with Crippen molar-refractivity contribution in [2.75, 3.05) is 13.1 Å². The van der Waals surface area contributed by atoms with Gasteiger partial charge in [-0.2, -0.15) is 4.98 Å². The maximum Gasteiger partial charge on any atom is 0.233 e. The number of hydrogen-bond donors (Lipinski definition) is 0. The standard InChI is InChI=1S/C21H22N4O2S/c1-14(2)28-18-5-3-15(4-6-18)11-19(26)25-12-17(13-25)21-23-20(24-27-21)16-7-9-22-10-8-16/h3-10,14,17H,11-13H2,1-2H3. The number of amides is 1. The van der Waals surface area contributed by atoms with E-state index in [0.717, 1.165) is 11.1 Å². The Morgan fingerprint density at radius 3 is 2.57 bits per heavy atom. The van der Waals surface area contributed by atoms with Gasteiger partial charge < -0.3 is 9.42 Å². The molecular formula is C21H22N4O2S. The van der Waals surface area contributed by atoms with Gasteiger partial charge in [0.05, 0.1) is 12.3 Å². The van der Waals surface area contributed by atoms with Crippen molar-refractivity contribution in [1.29, 1.82) is 0 Å². The minimum Gasteiger partial charge on any atom is -0.341 e. The van der Waals surface area contributed by atoms with Crippen LogP contribution in [0.15, 0.2) is 58.2 Å². The Balaban J connectivity index is 1.30. The SMILES string of the molecule is CC(C)Sc1ccc(CC(=O)N2CC(c3nc(-c4ccncc4)no3)C2)cc1. The van der Waals surface area contributed by atoms with Crippen LogP contribution < -0.4 is 0 Å².